The number of nitrogens with zero attached hydrogens (tertiary/aromatic N) is 2. The van der Waals surface area contributed by atoms with Gasteiger partial charge in [0.25, 0.3) is 0 Å². The number of hydrogen-bond acceptors (Lipinski definition) is 3. The summed E-state index contributed by atoms with van der Waals surface area (Å²) in [7, 11) is 0. The van der Waals surface area contributed by atoms with Crippen molar-refractivity contribution in [2.75, 3.05) is 11.9 Å². The summed E-state index contributed by atoms with van der Waals surface area (Å²) in [6, 6.07) is -0.549. The zero-order chi connectivity index (χ0) is 13.8. The summed E-state index contributed by atoms with van der Waals surface area (Å²) in [5.41, 5.74) is 0.517. The number of aromatic nitrogens is 2. The van der Waals surface area contributed by atoms with E-state index < -0.39 is 0 Å². The number of nitrogens with one attached hydrogen (secondary N) is 2. The van der Waals surface area contributed by atoms with Crippen LogP contribution in [0.15, 0.2) is 12.4 Å². The van der Waals surface area contributed by atoms with Crippen molar-refractivity contribution in [2.45, 2.75) is 45.7 Å². The van der Waals surface area contributed by atoms with Gasteiger partial charge in [-0.05, 0) is 27.2 Å². The minimum absolute atomic E-state index is 0.0643. The normalized spacial score (nSPS) is 13.2. The second-order valence-corrected chi connectivity index (χ2v) is 5.23. The highest BCUT2D eigenvalue weighted by atomic mass is 16.3. The van der Waals surface area contributed by atoms with Gasteiger partial charge in [0.2, 0.25) is 0 Å². The molecule has 1 rings (SSSR count). The second-order valence-electron chi connectivity index (χ2n) is 5.23. The van der Waals surface area contributed by atoms with Crippen LogP contribution in [0.3, 0.4) is 0 Å². The van der Waals surface area contributed by atoms with E-state index in [-0.39, 0.29) is 24.2 Å². The maximum absolute atomic E-state index is 11.6. The molecule has 6 heteroatoms. The summed E-state index contributed by atoms with van der Waals surface area (Å²) >= 11 is 0. The quantitative estimate of drug-likeness (QED) is 0.762. The maximum Gasteiger partial charge on any atom is 0.319 e. The Morgan fingerprint density at radius 3 is 2.67 bits per heavy atom. The number of rotatable bonds is 4. The molecule has 0 spiro atoms. The number of hydrogen-bond donors (Lipinski definition) is 3. The van der Waals surface area contributed by atoms with Crippen LogP contribution in [0.5, 0.6) is 0 Å². The van der Waals surface area contributed by atoms with Gasteiger partial charge in [-0.2, -0.15) is 5.10 Å². The largest absolute Gasteiger partial charge is 0.394 e. The van der Waals surface area contributed by atoms with Crippen LogP contribution in [0.2, 0.25) is 0 Å². The Hall–Kier alpha value is -1.56. The van der Waals surface area contributed by atoms with E-state index >= 15 is 0 Å². The van der Waals surface area contributed by atoms with E-state index in [0.717, 1.165) is 0 Å². The van der Waals surface area contributed by atoms with Crippen LogP contribution in [0.1, 0.15) is 34.1 Å². The average molecular weight is 254 g/mol. The SMILES string of the molecule is CCC(CO)NC(=O)Nc1cnn(C(C)(C)C)c1. The Labute approximate surface area is 107 Å². The summed E-state index contributed by atoms with van der Waals surface area (Å²) in [6.45, 7) is 7.93. The molecule has 1 aromatic heterocycles. The van der Waals surface area contributed by atoms with Gasteiger partial charge in [0.1, 0.15) is 0 Å². The third-order valence-electron chi connectivity index (χ3n) is 2.58. The second kappa shape index (κ2) is 5.86. The van der Waals surface area contributed by atoms with Gasteiger partial charge in [-0.1, -0.05) is 6.92 Å². The van der Waals surface area contributed by atoms with Crippen molar-refractivity contribution < 1.29 is 9.90 Å². The molecule has 0 aliphatic heterocycles. The fourth-order valence-electron chi connectivity index (χ4n) is 1.38. The molecule has 3 N–H and O–H groups in total. The minimum Gasteiger partial charge on any atom is -0.394 e. The molecule has 102 valence electrons. The molecule has 0 fully saturated rings. The van der Waals surface area contributed by atoms with Crippen molar-refractivity contribution in [3.8, 4) is 0 Å². The van der Waals surface area contributed by atoms with E-state index in [1.807, 2.05) is 27.7 Å². The molecular formula is C12H22N4O2. The first-order valence-corrected chi connectivity index (χ1v) is 6.10. The summed E-state index contributed by atoms with van der Waals surface area (Å²) in [5.74, 6) is 0. The zero-order valence-electron chi connectivity index (χ0n) is 11.4. The van der Waals surface area contributed by atoms with Gasteiger partial charge in [0.15, 0.2) is 0 Å². The summed E-state index contributed by atoms with van der Waals surface area (Å²) in [6.07, 6.45) is 4.06. The fourth-order valence-corrected chi connectivity index (χ4v) is 1.38. The highest BCUT2D eigenvalue weighted by molar-refractivity contribution is 5.89. The van der Waals surface area contributed by atoms with Crippen LogP contribution in [-0.4, -0.2) is 33.6 Å². The van der Waals surface area contributed by atoms with Crippen LogP contribution >= 0.6 is 0 Å². The highest BCUT2D eigenvalue weighted by Crippen LogP contribution is 2.15. The molecule has 0 bridgehead atoms. The number of amides is 2. The Kier molecular flexibility index (Phi) is 4.72. The molecule has 18 heavy (non-hydrogen) atoms. The van der Waals surface area contributed by atoms with Crippen molar-refractivity contribution >= 4 is 11.7 Å². The number of aliphatic hydroxyl groups is 1. The Bertz CT molecular complexity index is 391. The van der Waals surface area contributed by atoms with E-state index in [1.165, 1.54) is 0 Å². The molecule has 0 aliphatic rings. The molecule has 2 amide bonds. The molecule has 0 aromatic carbocycles. The molecule has 0 saturated heterocycles. The first-order valence-electron chi connectivity index (χ1n) is 6.10. The lowest BCUT2D eigenvalue weighted by molar-refractivity contribution is 0.222. The lowest BCUT2D eigenvalue weighted by Crippen LogP contribution is -2.39. The summed E-state index contributed by atoms with van der Waals surface area (Å²) in [5, 5.41) is 18.5. The molecule has 1 aromatic rings. The molecule has 0 radical (unpaired) electrons. The van der Waals surface area contributed by atoms with Gasteiger partial charge in [-0.15, -0.1) is 0 Å². The van der Waals surface area contributed by atoms with Gasteiger partial charge < -0.3 is 15.7 Å². The molecule has 6 nitrogen and oxygen atoms in total. The van der Waals surface area contributed by atoms with Crippen molar-refractivity contribution in [1.82, 2.24) is 15.1 Å². The minimum atomic E-state index is -0.329. The summed E-state index contributed by atoms with van der Waals surface area (Å²) in [4.78, 5) is 11.6. The van der Waals surface area contributed by atoms with Crippen molar-refractivity contribution in [2.24, 2.45) is 0 Å². The van der Waals surface area contributed by atoms with E-state index in [4.69, 9.17) is 5.11 Å². The Morgan fingerprint density at radius 1 is 1.56 bits per heavy atom. The van der Waals surface area contributed by atoms with E-state index in [9.17, 15) is 4.79 Å². The number of aliphatic hydroxyl groups excluding tert-OH is 1. The van der Waals surface area contributed by atoms with Crippen LogP contribution in [0.25, 0.3) is 0 Å². The van der Waals surface area contributed by atoms with E-state index in [1.54, 1.807) is 17.1 Å². The number of carbonyl (C=O) groups is 1. The Balaban J connectivity index is 2.57. The standard InChI is InChI=1S/C12H22N4O2/c1-5-9(8-17)14-11(18)15-10-6-13-16(7-10)12(2,3)4/h6-7,9,17H,5,8H2,1-4H3,(H2,14,15,18). The first-order chi connectivity index (χ1) is 8.36. The van der Waals surface area contributed by atoms with Crippen molar-refractivity contribution in [3.05, 3.63) is 12.4 Å². The predicted octanol–water partition coefficient (Wildman–Crippen LogP) is 1.53. The van der Waals surface area contributed by atoms with Gasteiger partial charge >= 0.3 is 6.03 Å². The fraction of sp³-hybridized carbons (Fsp3) is 0.667. The predicted molar refractivity (Wildman–Crippen MR) is 70.5 cm³/mol. The number of anilines is 1. The number of urea groups is 1. The van der Waals surface area contributed by atoms with Crippen molar-refractivity contribution in [3.63, 3.8) is 0 Å². The maximum atomic E-state index is 11.6. The van der Waals surface area contributed by atoms with E-state index in [2.05, 4.69) is 15.7 Å². The lowest BCUT2D eigenvalue weighted by Gasteiger charge is -2.18. The van der Waals surface area contributed by atoms with Crippen molar-refractivity contribution in [1.29, 1.82) is 0 Å². The molecule has 0 saturated carbocycles. The molecule has 1 unspecified atom stereocenters. The Morgan fingerprint density at radius 2 is 2.22 bits per heavy atom. The lowest BCUT2D eigenvalue weighted by atomic mass is 10.1. The highest BCUT2D eigenvalue weighted by Gasteiger charge is 2.15. The first kappa shape index (κ1) is 14.5. The average Bonchev–Trinajstić information content (AvgIpc) is 2.74. The van der Waals surface area contributed by atoms with Crippen LogP contribution in [-0.2, 0) is 5.54 Å². The molecule has 1 heterocycles. The van der Waals surface area contributed by atoms with Crippen LogP contribution in [0.4, 0.5) is 10.5 Å². The third kappa shape index (κ3) is 4.03. The monoisotopic (exact) mass is 254 g/mol. The molecule has 1 atom stereocenters. The van der Waals surface area contributed by atoms with Gasteiger partial charge in [0.05, 0.1) is 30.1 Å². The topological polar surface area (TPSA) is 79.2 Å². The van der Waals surface area contributed by atoms with Crippen LogP contribution in [0, 0.1) is 0 Å². The molecule has 0 aliphatic carbocycles. The van der Waals surface area contributed by atoms with E-state index in [0.29, 0.717) is 12.1 Å². The smallest absolute Gasteiger partial charge is 0.319 e. The zero-order valence-corrected chi connectivity index (χ0v) is 11.4. The summed E-state index contributed by atoms with van der Waals surface area (Å²) < 4.78 is 1.78. The van der Waals surface area contributed by atoms with Gasteiger partial charge in [-0.25, -0.2) is 4.79 Å². The number of carbonyl (C=O) groups excluding carboxylic acids is 1. The van der Waals surface area contributed by atoms with Gasteiger partial charge in [-0.3, -0.25) is 4.68 Å². The third-order valence-corrected chi connectivity index (χ3v) is 2.58. The molecular weight excluding hydrogens is 232 g/mol. The van der Waals surface area contributed by atoms with Crippen LogP contribution < -0.4 is 10.6 Å². The van der Waals surface area contributed by atoms with Gasteiger partial charge in [0, 0.05) is 6.20 Å².